The second kappa shape index (κ2) is 5.59. The number of carbonyl (C=O) groups excluding carboxylic acids is 1. The number of nitrogens with one attached hydrogen (secondary N) is 1. The Bertz CT molecular complexity index is 456. The zero-order valence-electron chi connectivity index (χ0n) is 10.5. The highest BCUT2D eigenvalue weighted by Crippen LogP contribution is 2.31. The topological polar surface area (TPSA) is 47.6 Å². The summed E-state index contributed by atoms with van der Waals surface area (Å²) in [6.07, 6.45) is 1.33. The van der Waals surface area contributed by atoms with Gasteiger partial charge < -0.3 is 14.8 Å². The molecular weight excluding hydrogens is 254 g/mol. The lowest BCUT2D eigenvalue weighted by atomic mass is 10.2. The second-order valence-electron chi connectivity index (χ2n) is 4.29. The first-order valence-electron chi connectivity index (χ1n) is 5.88. The smallest absolute Gasteiger partial charge is 0.253 e. The van der Waals surface area contributed by atoms with Crippen LogP contribution in [0, 0.1) is 6.92 Å². The van der Waals surface area contributed by atoms with Crippen LogP contribution in [0.25, 0.3) is 0 Å². The summed E-state index contributed by atoms with van der Waals surface area (Å²) in [6.45, 7) is 2.53. The number of methoxy groups -OCH3 is 1. The molecule has 1 atom stereocenters. The Morgan fingerprint density at radius 1 is 1.56 bits per heavy atom. The van der Waals surface area contributed by atoms with Gasteiger partial charge in [-0.05, 0) is 31.4 Å². The monoisotopic (exact) mass is 269 g/mol. The molecule has 1 N–H and O–H groups in total. The van der Waals surface area contributed by atoms with Gasteiger partial charge in [0.1, 0.15) is 11.9 Å². The molecule has 0 bridgehead atoms. The number of ether oxygens (including phenoxy) is 2. The molecule has 1 saturated heterocycles. The third kappa shape index (κ3) is 2.76. The summed E-state index contributed by atoms with van der Waals surface area (Å²) in [5.74, 6) is 0.421. The lowest BCUT2D eigenvalue weighted by Crippen LogP contribution is -2.27. The van der Waals surface area contributed by atoms with Crippen molar-refractivity contribution in [3.05, 3.63) is 22.7 Å². The van der Waals surface area contributed by atoms with Crippen LogP contribution in [0.15, 0.2) is 12.1 Å². The number of aryl methyl sites for hydroxylation is 1. The fraction of sp³-hybridized carbons (Fsp3) is 0.462. The Morgan fingerprint density at radius 2 is 2.33 bits per heavy atom. The first kappa shape index (κ1) is 13.2. The fourth-order valence-electron chi connectivity index (χ4n) is 1.93. The molecule has 1 aliphatic rings. The van der Waals surface area contributed by atoms with Crippen LogP contribution in [-0.2, 0) is 9.53 Å². The van der Waals surface area contributed by atoms with Gasteiger partial charge >= 0.3 is 0 Å². The van der Waals surface area contributed by atoms with E-state index in [1.165, 1.54) is 0 Å². The molecule has 0 aliphatic carbocycles. The number of hydrogen-bond donors (Lipinski definition) is 1. The lowest BCUT2D eigenvalue weighted by molar-refractivity contribution is -0.124. The predicted molar refractivity (Wildman–Crippen MR) is 70.3 cm³/mol. The summed E-state index contributed by atoms with van der Waals surface area (Å²) in [4.78, 5) is 12.0. The van der Waals surface area contributed by atoms with Crippen molar-refractivity contribution in [1.29, 1.82) is 0 Å². The highest BCUT2D eigenvalue weighted by molar-refractivity contribution is 6.31. The van der Waals surface area contributed by atoms with E-state index in [2.05, 4.69) is 5.32 Å². The number of rotatable bonds is 3. The molecule has 2 rings (SSSR count). The van der Waals surface area contributed by atoms with Crippen LogP contribution >= 0.6 is 11.6 Å². The number of hydrogen-bond acceptors (Lipinski definition) is 3. The number of amides is 1. The summed E-state index contributed by atoms with van der Waals surface area (Å²) in [5, 5.41) is 3.44. The molecule has 1 aliphatic heterocycles. The molecule has 0 unspecified atom stereocenters. The minimum absolute atomic E-state index is 0.132. The lowest BCUT2D eigenvalue weighted by Gasteiger charge is -2.14. The maximum atomic E-state index is 12.0. The van der Waals surface area contributed by atoms with Crippen molar-refractivity contribution in [2.45, 2.75) is 25.9 Å². The minimum Gasteiger partial charge on any atom is -0.495 e. The molecular formula is C13H16ClNO3. The van der Waals surface area contributed by atoms with E-state index in [0.717, 1.165) is 18.4 Å². The van der Waals surface area contributed by atoms with E-state index in [-0.39, 0.29) is 12.0 Å². The molecule has 18 heavy (non-hydrogen) atoms. The number of anilines is 1. The third-order valence-corrected chi connectivity index (χ3v) is 3.37. The Morgan fingerprint density at radius 3 is 2.94 bits per heavy atom. The standard InChI is InChI=1S/C13H16ClNO3/c1-8-6-10(12(17-2)7-9(8)14)15-13(16)11-4-3-5-18-11/h6-7,11H,3-5H2,1-2H3,(H,15,16)/t11-/m0/s1. The normalized spacial score (nSPS) is 18.7. The molecule has 1 aromatic rings. The van der Waals surface area contributed by atoms with Crippen LogP contribution < -0.4 is 10.1 Å². The maximum absolute atomic E-state index is 12.0. The first-order valence-corrected chi connectivity index (χ1v) is 6.26. The largest absolute Gasteiger partial charge is 0.495 e. The average molecular weight is 270 g/mol. The van der Waals surface area contributed by atoms with Crippen LogP contribution in [0.3, 0.4) is 0 Å². The number of carbonyl (C=O) groups is 1. The van der Waals surface area contributed by atoms with Crippen molar-refractivity contribution in [3.63, 3.8) is 0 Å². The van der Waals surface area contributed by atoms with Gasteiger partial charge in [-0.3, -0.25) is 4.79 Å². The highest BCUT2D eigenvalue weighted by atomic mass is 35.5. The zero-order chi connectivity index (χ0) is 13.1. The summed E-state index contributed by atoms with van der Waals surface area (Å²) in [7, 11) is 1.54. The molecule has 0 spiro atoms. The van der Waals surface area contributed by atoms with Gasteiger partial charge in [0.15, 0.2) is 0 Å². The third-order valence-electron chi connectivity index (χ3n) is 2.96. The van der Waals surface area contributed by atoms with Crippen molar-refractivity contribution >= 4 is 23.2 Å². The molecule has 1 heterocycles. The van der Waals surface area contributed by atoms with Gasteiger partial charge in [-0.2, -0.15) is 0 Å². The molecule has 0 aromatic heterocycles. The van der Waals surface area contributed by atoms with E-state index in [1.54, 1.807) is 19.2 Å². The summed E-state index contributed by atoms with van der Waals surface area (Å²) < 4.78 is 10.5. The van der Waals surface area contributed by atoms with Crippen molar-refractivity contribution in [2.24, 2.45) is 0 Å². The minimum atomic E-state index is -0.356. The number of halogens is 1. The molecule has 1 fully saturated rings. The quantitative estimate of drug-likeness (QED) is 0.918. The Labute approximate surface area is 111 Å². The zero-order valence-corrected chi connectivity index (χ0v) is 11.2. The van der Waals surface area contributed by atoms with Gasteiger partial charge in [0, 0.05) is 17.7 Å². The van der Waals surface area contributed by atoms with E-state index in [1.807, 2.05) is 6.92 Å². The average Bonchev–Trinajstić information content (AvgIpc) is 2.87. The Balaban J connectivity index is 2.17. The molecule has 0 radical (unpaired) electrons. The van der Waals surface area contributed by atoms with Crippen molar-refractivity contribution < 1.29 is 14.3 Å². The van der Waals surface area contributed by atoms with E-state index in [4.69, 9.17) is 21.1 Å². The molecule has 4 nitrogen and oxygen atoms in total. The summed E-state index contributed by atoms with van der Waals surface area (Å²) in [6, 6.07) is 3.50. The van der Waals surface area contributed by atoms with Crippen molar-refractivity contribution in [1.82, 2.24) is 0 Å². The van der Waals surface area contributed by atoms with Gasteiger partial charge in [0.05, 0.1) is 12.8 Å². The number of benzene rings is 1. The van der Waals surface area contributed by atoms with Crippen molar-refractivity contribution in [2.75, 3.05) is 19.0 Å². The van der Waals surface area contributed by atoms with Crippen LogP contribution in [-0.4, -0.2) is 25.7 Å². The molecule has 1 amide bonds. The van der Waals surface area contributed by atoms with Crippen LogP contribution in [0.2, 0.25) is 5.02 Å². The maximum Gasteiger partial charge on any atom is 0.253 e. The van der Waals surface area contributed by atoms with Gasteiger partial charge in [0.2, 0.25) is 0 Å². The van der Waals surface area contributed by atoms with Crippen LogP contribution in [0.4, 0.5) is 5.69 Å². The molecule has 1 aromatic carbocycles. The van der Waals surface area contributed by atoms with Gasteiger partial charge in [-0.25, -0.2) is 0 Å². The molecule has 0 saturated carbocycles. The Kier molecular flexibility index (Phi) is 4.09. The van der Waals surface area contributed by atoms with E-state index >= 15 is 0 Å². The molecule has 5 heteroatoms. The second-order valence-corrected chi connectivity index (χ2v) is 4.70. The van der Waals surface area contributed by atoms with Gasteiger partial charge in [-0.15, -0.1) is 0 Å². The van der Waals surface area contributed by atoms with Crippen LogP contribution in [0.5, 0.6) is 5.75 Å². The fourth-order valence-corrected chi connectivity index (χ4v) is 2.08. The predicted octanol–water partition coefficient (Wildman–Crippen LogP) is 2.77. The van der Waals surface area contributed by atoms with Gasteiger partial charge in [-0.1, -0.05) is 11.6 Å². The summed E-state index contributed by atoms with van der Waals surface area (Å²) in [5.41, 5.74) is 1.51. The highest BCUT2D eigenvalue weighted by Gasteiger charge is 2.24. The van der Waals surface area contributed by atoms with Crippen LogP contribution in [0.1, 0.15) is 18.4 Å². The summed E-state index contributed by atoms with van der Waals surface area (Å²) >= 11 is 6.01. The molecule has 98 valence electrons. The van der Waals surface area contributed by atoms with Crippen molar-refractivity contribution in [3.8, 4) is 5.75 Å². The Hall–Kier alpha value is -1.26. The van der Waals surface area contributed by atoms with E-state index in [0.29, 0.717) is 23.1 Å². The van der Waals surface area contributed by atoms with Gasteiger partial charge in [0.25, 0.3) is 5.91 Å². The van der Waals surface area contributed by atoms with E-state index < -0.39 is 0 Å². The van der Waals surface area contributed by atoms with E-state index in [9.17, 15) is 4.79 Å². The first-order chi connectivity index (χ1) is 8.61. The SMILES string of the molecule is COc1cc(Cl)c(C)cc1NC(=O)[C@@H]1CCCO1.